The van der Waals surface area contributed by atoms with Crippen molar-refractivity contribution in [2.24, 2.45) is 0 Å². The molecule has 0 aromatic carbocycles. The molecule has 1 N–H and O–H groups in total. The Bertz CT molecular complexity index is 319. The second-order valence-electron chi connectivity index (χ2n) is 4.41. The number of hydrogen-bond acceptors (Lipinski definition) is 4. The minimum atomic E-state index is -0.0939. The summed E-state index contributed by atoms with van der Waals surface area (Å²) < 4.78 is 5.83. The zero-order valence-electron chi connectivity index (χ0n) is 9.69. The SMILES string of the molecule is Cc1ncsc1CCOC1CCC(O)CC1. The van der Waals surface area contributed by atoms with E-state index in [1.54, 1.807) is 11.3 Å². The predicted octanol–water partition coefficient (Wildman–Crippen LogP) is 2.31. The number of rotatable bonds is 4. The number of aliphatic hydroxyl groups excluding tert-OH is 1. The van der Waals surface area contributed by atoms with Crippen molar-refractivity contribution in [3.05, 3.63) is 16.1 Å². The molecule has 0 saturated heterocycles. The van der Waals surface area contributed by atoms with Crippen LogP contribution in [-0.4, -0.2) is 28.9 Å². The molecule has 2 rings (SSSR count). The van der Waals surface area contributed by atoms with Gasteiger partial charge in [0.2, 0.25) is 0 Å². The van der Waals surface area contributed by atoms with Gasteiger partial charge in [0.25, 0.3) is 0 Å². The molecule has 0 spiro atoms. The highest BCUT2D eigenvalue weighted by Crippen LogP contribution is 2.21. The maximum atomic E-state index is 9.38. The van der Waals surface area contributed by atoms with Crippen LogP contribution >= 0.6 is 11.3 Å². The molecule has 1 heterocycles. The van der Waals surface area contributed by atoms with Gasteiger partial charge in [-0.15, -0.1) is 11.3 Å². The fourth-order valence-corrected chi connectivity index (χ4v) is 2.86. The summed E-state index contributed by atoms with van der Waals surface area (Å²) in [6, 6.07) is 0. The van der Waals surface area contributed by atoms with Crippen LogP contribution in [0, 0.1) is 6.92 Å². The van der Waals surface area contributed by atoms with Gasteiger partial charge in [0.15, 0.2) is 0 Å². The average molecular weight is 241 g/mol. The highest BCUT2D eigenvalue weighted by atomic mass is 32.1. The lowest BCUT2D eigenvalue weighted by Crippen LogP contribution is -2.24. The summed E-state index contributed by atoms with van der Waals surface area (Å²) in [5.74, 6) is 0. The van der Waals surface area contributed by atoms with Crippen molar-refractivity contribution in [3.63, 3.8) is 0 Å². The molecule has 0 bridgehead atoms. The lowest BCUT2D eigenvalue weighted by atomic mass is 9.95. The zero-order chi connectivity index (χ0) is 11.4. The van der Waals surface area contributed by atoms with Crippen LogP contribution in [0.4, 0.5) is 0 Å². The molecule has 0 aliphatic heterocycles. The average Bonchev–Trinajstić information content (AvgIpc) is 2.68. The van der Waals surface area contributed by atoms with Crippen molar-refractivity contribution in [3.8, 4) is 0 Å². The molecule has 0 atom stereocenters. The van der Waals surface area contributed by atoms with Crippen molar-refractivity contribution in [2.75, 3.05) is 6.61 Å². The van der Waals surface area contributed by atoms with Crippen LogP contribution < -0.4 is 0 Å². The maximum Gasteiger partial charge on any atom is 0.0797 e. The number of aliphatic hydroxyl groups is 1. The highest BCUT2D eigenvalue weighted by molar-refractivity contribution is 7.09. The summed E-state index contributed by atoms with van der Waals surface area (Å²) in [6.07, 6.45) is 5.02. The van der Waals surface area contributed by atoms with E-state index in [2.05, 4.69) is 4.98 Å². The molecule has 1 fully saturated rings. The lowest BCUT2D eigenvalue weighted by molar-refractivity contribution is -0.00166. The maximum absolute atomic E-state index is 9.38. The summed E-state index contributed by atoms with van der Waals surface area (Å²) in [5.41, 5.74) is 3.02. The normalized spacial score (nSPS) is 25.9. The van der Waals surface area contributed by atoms with Crippen LogP contribution in [-0.2, 0) is 11.2 Å². The van der Waals surface area contributed by atoms with Crippen molar-refractivity contribution >= 4 is 11.3 Å². The second-order valence-corrected chi connectivity index (χ2v) is 5.35. The molecule has 90 valence electrons. The Kier molecular flexibility index (Phi) is 4.32. The van der Waals surface area contributed by atoms with Crippen LogP contribution in [0.25, 0.3) is 0 Å². The quantitative estimate of drug-likeness (QED) is 0.879. The van der Waals surface area contributed by atoms with Crippen molar-refractivity contribution in [2.45, 2.75) is 51.2 Å². The second kappa shape index (κ2) is 5.75. The van der Waals surface area contributed by atoms with Crippen molar-refractivity contribution < 1.29 is 9.84 Å². The Balaban J connectivity index is 1.67. The van der Waals surface area contributed by atoms with E-state index in [1.807, 2.05) is 12.4 Å². The molecule has 1 aromatic rings. The molecule has 1 saturated carbocycles. The minimum Gasteiger partial charge on any atom is -0.393 e. The first kappa shape index (κ1) is 12.0. The Hall–Kier alpha value is -0.450. The molecule has 0 radical (unpaired) electrons. The third kappa shape index (κ3) is 3.27. The van der Waals surface area contributed by atoms with E-state index in [0.29, 0.717) is 6.10 Å². The molecule has 3 nitrogen and oxygen atoms in total. The first-order valence-electron chi connectivity index (χ1n) is 5.94. The number of hydrogen-bond donors (Lipinski definition) is 1. The van der Waals surface area contributed by atoms with Gasteiger partial charge in [-0.3, -0.25) is 0 Å². The fourth-order valence-electron chi connectivity index (χ4n) is 2.10. The predicted molar refractivity (Wildman–Crippen MR) is 64.8 cm³/mol. The fraction of sp³-hybridized carbons (Fsp3) is 0.750. The third-order valence-electron chi connectivity index (χ3n) is 3.17. The van der Waals surface area contributed by atoms with Crippen LogP contribution in [0.5, 0.6) is 0 Å². The van der Waals surface area contributed by atoms with E-state index >= 15 is 0 Å². The molecule has 1 aliphatic rings. The minimum absolute atomic E-state index is 0.0939. The van der Waals surface area contributed by atoms with E-state index in [-0.39, 0.29) is 6.10 Å². The van der Waals surface area contributed by atoms with Gasteiger partial charge in [-0.25, -0.2) is 4.98 Å². The van der Waals surface area contributed by atoms with E-state index in [0.717, 1.165) is 44.4 Å². The van der Waals surface area contributed by atoms with Crippen molar-refractivity contribution in [1.82, 2.24) is 4.98 Å². The summed E-state index contributed by atoms with van der Waals surface area (Å²) in [5, 5.41) is 9.38. The van der Waals surface area contributed by atoms with Crippen LogP contribution in [0.15, 0.2) is 5.51 Å². The number of ether oxygens (including phenoxy) is 1. The van der Waals surface area contributed by atoms with Gasteiger partial charge in [0.1, 0.15) is 0 Å². The van der Waals surface area contributed by atoms with Crippen LogP contribution in [0.2, 0.25) is 0 Å². The molecular weight excluding hydrogens is 222 g/mol. The molecule has 4 heteroatoms. The highest BCUT2D eigenvalue weighted by Gasteiger charge is 2.19. The van der Waals surface area contributed by atoms with Crippen LogP contribution in [0.1, 0.15) is 36.3 Å². The Morgan fingerprint density at radius 1 is 1.44 bits per heavy atom. The summed E-state index contributed by atoms with van der Waals surface area (Å²) >= 11 is 1.71. The molecule has 1 aliphatic carbocycles. The van der Waals surface area contributed by atoms with Gasteiger partial charge in [-0.1, -0.05) is 0 Å². The standard InChI is InChI=1S/C12H19NO2S/c1-9-12(16-8-13-9)6-7-15-11-4-2-10(14)3-5-11/h8,10-11,14H,2-7H2,1H3. The smallest absolute Gasteiger partial charge is 0.0797 e. The molecule has 0 amide bonds. The van der Waals surface area contributed by atoms with Gasteiger partial charge < -0.3 is 9.84 Å². The Labute approximate surface area is 100 Å². The summed E-state index contributed by atoms with van der Waals surface area (Å²) in [6.45, 7) is 2.83. The first-order chi connectivity index (χ1) is 7.75. The topological polar surface area (TPSA) is 42.4 Å². The molecule has 0 unspecified atom stereocenters. The van der Waals surface area contributed by atoms with E-state index < -0.39 is 0 Å². The van der Waals surface area contributed by atoms with Gasteiger partial charge in [-0.05, 0) is 32.6 Å². The number of aryl methyl sites for hydroxylation is 1. The third-order valence-corrected chi connectivity index (χ3v) is 4.17. The van der Waals surface area contributed by atoms with E-state index in [9.17, 15) is 5.11 Å². The van der Waals surface area contributed by atoms with Gasteiger partial charge in [0.05, 0.1) is 30.0 Å². The molecule has 16 heavy (non-hydrogen) atoms. The summed E-state index contributed by atoms with van der Waals surface area (Å²) in [4.78, 5) is 5.55. The monoisotopic (exact) mass is 241 g/mol. The molecule has 1 aromatic heterocycles. The van der Waals surface area contributed by atoms with E-state index in [1.165, 1.54) is 4.88 Å². The number of thiazole rings is 1. The summed E-state index contributed by atoms with van der Waals surface area (Å²) in [7, 11) is 0. The largest absolute Gasteiger partial charge is 0.393 e. The zero-order valence-corrected chi connectivity index (χ0v) is 10.5. The van der Waals surface area contributed by atoms with Gasteiger partial charge >= 0.3 is 0 Å². The first-order valence-corrected chi connectivity index (χ1v) is 6.82. The van der Waals surface area contributed by atoms with Gasteiger partial charge in [-0.2, -0.15) is 0 Å². The van der Waals surface area contributed by atoms with Crippen molar-refractivity contribution in [1.29, 1.82) is 0 Å². The van der Waals surface area contributed by atoms with Crippen LogP contribution in [0.3, 0.4) is 0 Å². The Morgan fingerprint density at radius 3 is 2.81 bits per heavy atom. The Morgan fingerprint density at radius 2 is 2.19 bits per heavy atom. The molecular formula is C12H19NO2S. The van der Waals surface area contributed by atoms with Gasteiger partial charge in [0, 0.05) is 11.3 Å². The number of nitrogens with zero attached hydrogens (tertiary/aromatic N) is 1. The lowest BCUT2D eigenvalue weighted by Gasteiger charge is -2.25. The number of aromatic nitrogens is 1. The van der Waals surface area contributed by atoms with E-state index in [4.69, 9.17) is 4.74 Å².